The zero-order valence-electron chi connectivity index (χ0n) is 16.1. The van der Waals surface area contributed by atoms with Gasteiger partial charge in [0.25, 0.3) is 0 Å². The summed E-state index contributed by atoms with van der Waals surface area (Å²) in [6, 6.07) is 6.95. The van der Waals surface area contributed by atoms with Crippen molar-refractivity contribution in [3.8, 4) is 17.3 Å². The summed E-state index contributed by atoms with van der Waals surface area (Å²) in [5, 5.41) is 18.5. The molecule has 1 aliphatic heterocycles. The highest BCUT2D eigenvalue weighted by Gasteiger charge is 2.36. The highest BCUT2D eigenvalue weighted by molar-refractivity contribution is 5.92. The summed E-state index contributed by atoms with van der Waals surface area (Å²) in [7, 11) is 1.59. The largest absolute Gasteiger partial charge is 0.493 e. The first-order valence-corrected chi connectivity index (χ1v) is 9.82. The number of benzene rings is 1. The third-order valence-electron chi connectivity index (χ3n) is 5.50. The molecule has 0 amide bonds. The number of anilines is 1. The van der Waals surface area contributed by atoms with E-state index >= 15 is 0 Å². The average molecular weight is 394 g/mol. The lowest BCUT2D eigenvalue weighted by molar-refractivity contribution is -0.138. The first kappa shape index (κ1) is 17.8. The van der Waals surface area contributed by atoms with Crippen LogP contribution in [0.3, 0.4) is 0 Å². The Balaban J connectivity index is 1.59. The van der Waals surface area contributed by atoms with Crippen LogP contribution in [0.4, 0.5) is 5.69 Å². The molecule has 1 unspecified atom stereocenters. The lowest BCUT2D eigenvalue weighted by Gasteiger charge is -2.16. The second kappa shape index (κ2) is 6.95. The summed E-state index contributed by atoms with van der Waals surface area (Å²) in [5.74, 6) is 0.647. The number of rotatable bonds is 6. The number of nitrogens with zero attached hydrogens (tertiary/aromatic N) is 3. The molecule has 2 N–H and O–H groups in total. The third kappa shape index (κ3) is 3.24. The molecule has 0 saturated heterocycles. The van der Waals surface area contributed by atoms with Gasteiger partial charge in [0.05, 0.1) is 42.2 Å². The van der Waals surface area contributed by atoms with E-state index in [0.29, 0.717) is 12.5 Å². The highest BCUT2D eigenvalue weighted by Crippen LogP contribution is 2.38. The first-order chi connectivity index (χ1) is 14.1. The predicted molar refractivity (Wildman–Crippen MR) is 107 cm³/mol. The summed E-state index contributed by atoms with van der Waals surface area (Å²) >= 11 is 0. The van der Waals surface area contributed by atoms with Crippen LogP contribution in [0.1, 0.15) is 25.0 Å². The number of hydrogen-bond acceptors (Lipinski definition) is 6. The minimum absolute atomic E-state index is 0.182. The van der Waals surface area contributed by atoms with Crippen LogP contribution < -0.4 is 14.8 Å². The maximum atomic E-state index is 11.6. The number of carbonyl (C=O) groups is 1. The number of nitrogens with one attached hydrogen (secondary N) is 1. The molecular weight excluding hydrogens is 372 g/mol. The van der Waals surface area contributed by atoms with Crippen molar-refractivity contribution in [2.75, 3.05) is 19.0 Å². The molecule has 8 nitrogen and oxygen atoms in total. The summed E-state index contributed by atoms with van der Waals surface area (Å²) in [6.45, 7) is 0.610. The Kier molecular flexibility index (Phi) is 4.26. The maximum Gasteiger partial charge on any atom is 0.326 e. The van der Waals surface area contributed by atoms with Gasteiger partial charge < -0.3 is 19.9 Å². The SMILES string of the molecule is COc1ccc(-n2nc3cc(NC(C(=O)O)C4CC4)cc4c3c2CCCO4)cn1. The summed E-state index contributed by atoms with van der Waals surface area (Å²) < 4.78 is 13.0. The van der Waals surface area contributed by atoms with Crippen molar-refractivity contribution in [1.29, 1.82) is 0 Å². The minimum atomic E-state index is -0.824. The lowest BCUT2D eigenvalue weighted by atomic mass is 10.1. The summed E-state index contributed by atoms with van der Waals surface area (Å²) in [4.78, 5) is 15.9. The van der Waals surface area contributed by atoms with Crippen LogP contribution in [0.2, 0.25) is 0 Å². The van der Waals surface area contributed by atoms with Crippen LogP contribution in [0.15, 0.2) is 30.5 Å². The minimum Gasteiger partial charge on any atom is -0.493 e. The van der Waals surface area contributed by atoms with Crippen LogP contribution in [0, 0.1) is 5.92 Å². The van der Waals surface area contributed by atoms with Crippen molar-refractivity contribution < 1.29 is 19.4 Å². The van der Waals surface area contributed by atoms with Gasteiger partial charge >= 0.3 is 5.97 Å². The zero-order valence-corrected chi connectivity index (χ0v) is 16.1. The van der Waals surface area contributed by atoms with Gasteiger partial charge in [-0.1, -0.05) is 0 Å². The Bertz CT molecular complexity index is 1070. The Morgan fingerprint density at radius 1 is 1.38 bits per heavy atom. The van der Waals surface area contributed by atoms with E-state index in [1.54, 1.807) is 13.3 Å². The van der Waals surface area contributed by atoms with Gasteiger partial charge in [0.1, 0.15) is 11.8 Å². The van der Waals surface area contributed by atoms with Crippen molar-refractivity contribution >= 4 is 22.6 Å². The van der Waals surface area contributed by atoms with Crippen molar-refractivity contribution in [3.05, 3.63) is 36.2 Å². The summed E-state index contributed by atoms with van der Waals surface area (Å²) in [5.41, 5.74) is 3.42. The number of pyridine rings is 1. The van der Waals surface area contributed by atoms with Crippen LogP contribution in [-0.4, -0.2) is 45.6 Å². The molecule has 1 fully saturated rings. The van der Waals surface area contributed by atoms with Gasteiger partial charge in [-0.3, -0.25) is 0 Å². The number of carboxylic acid groups (broad SMARTS) is 1. The fraction of sp³-hybridized carbons (Fsp3) is 0.381. The number of aromatic nitrogens is 3. The molecule has 0 bridgehead atoms. The van der Waals surface area contributed by atoms with E-state index in [4.69, 9.17) is 14.6 Å². The monoisotopic (exact) mass is 394 g/mol. The smallest absolute Gasteiger partial charge is 0.326 e. The van der Waals surface area contributed by atoms with Gasteiger partial charge in [-0.15, -0.1) is 0 Å². The van der Waals surface area contributed by atoms with Gasteiger partial charge in [0.2, 0.25) is 5.88 Å². The van der Waals surface area contributed by atoms with Gasteiger partial charge in [0, 0.05) is 17.8 Å². The molecule has 2 aliphatic rings. The van der Waals surface area contributed by atoms with Gasteiger partial charge in [-0.05, 0) is 43.7 Å². The number of hydrogen-bond donors (Lipinski definition) is 2. The second-order valence-corrected chi connectivity index (χ2v) is 7.54. The van der Waals surface area contributed by atoms with Crippen LogP contribution in [-0.2, 0) is 11.2 Å². The Labute approximate surface area is 167 Å². The zero-order chi connectivity index (χ0) is 20.0. The number of methoxy groups -OCH3 is 1. The quantitative estimate of drug-likeness (QED) is 0.663. The van der Waals surface area contributed by atoms with Gasteiger partial charge in [-0.2, -0.15) is 5.10 Å². The Morgan fingerprint density at radius 3 is 2.93 bits per heavy atom. The normalized spacial score (nSPS) is 16.7. The maximum absolute atomic E-state index is 11.6. The molecule has 29 heavy (non-hydrogen) atoms. The molecule has 1 atom stereocenters. The molecule has 3 heterocycles. The van der Waals surface area contributed by atoms with Crippen LogP contribution in [0.25, 0.3) is 16.6 Å². The summed E-state index contributed by atoms with van der Waals surface area (Å²) in [6.07, 6.45) is 5.33. The van der Waals surface area contributed by atoms with Gasteiger partial charge in [-0.25, -0.2) is 14.5 Å². The molecule has 8 heteroatoms. The molecule has 0 radical (unpaired) electrons. The van der Waals surface area contributed by atoms with E-state index in [1.807, 2.05) is 28.9 Å². The Morgan fingerprint density at radius 2 is 2.24 bits per heavy atom. The number of aliphatic carboxylic acids is 1. The first-order valence-electron chi connectivity index (χ1n) is 9.82. The lowest BCUT2D eigenvalue weighted by Crippen LogP contribution is -2.31. The molecule has 5 rings (SSSR count). The second-order valence-electron chi connectivity index (χ2n) is 7.54. The molecular formula is C21H22N4O4. The fourth-order valence-electron chi connectivity index (χ4n) is 3.92. The van der Waals surface area contributed by atoms with Crippen molar-refractivity contribution in [2.45, 2.75) is 31.7 Å². The van der Waals surface area contributed by atoms with Gasteiger partial charge in [0.15, 0.2) is 0 Å². The molecule has 150 valence electrons. The van der Waals surface area contributed by atoms with E-state index in [1.165, 1.54) is 0 Å². The van der Waals surface area contributed by atoms with E-state index in [9.17, 15) is 9.90 Å². The molecule has 1 saturated carbocycles. The van der Waals surface area contributed by atoms with E-state index in [0.717, 1.165) is 59.4 Å². The highest BCUT2D eigenvalue weighted by atomic mass is 16.5. The standard InChI is InChI=1S/C21H22N4O4/c1-28-18-7-6-14(11-22-18)25-16-3-2-8-29-17-10-13(9-15(24-25)19(16)17)23-20(21(26)27)12-4-5-12/h6-7,9-12,20,23H,2-5,8H2,1H3,(H,26,27). The van der Waals surface area contributed by atoms with E-state index < -0.39 is 12.0 Å². The van der Waals surface area contributed by atoms with Crippen LogP contribution >= 0.6 is 0 Å². The molecule has 1 aliphatic carbocycles. The fourth-order valence-corrected chi connectivity index (χ4v) is 3.92. The third-order valence-corrected chi connectivity index (χ3v) is 5.50. The molecule has 0 spiro atoms. The Hall–Kier alpha value is -3.29. The number of carboxylic acids is 1. The van der Waals surface area contributed by atoms with E-state index in [2.05, 4.69) is 10.3 Å². The number of ether oxygens (including phenoxy) is 2. The van der Waals surface area contributed by atoms with Crippen molar-refractivity contribution in [1.82, 2.24) is 14.8 Å². The molecule has 2 aromatic heterocycles. The predicted octanol–water partition coefficient (Wildman–Crippen LogP) is 3.03. The number of aryl methyl sites for hydroxylation is 1. The molecule has 1 aromatic carbocycles. The molecule has 3 aromatic rings. The topological polar surface area (TPSA) is 98.5 Å². The average Bonchev–Trinajstić information content (AvgIpc) is 3.52. The van der Waals surface area contributed by atoms with Crippen molar-refractivity contribution in [2.24, 2.45) is 5.92 Å². The van der Waals surface area contributed by atoms with Crippen LogP contribution in [0.5, 0.6) is 11.6 Å². The van der Waals surface area contributed by atoms with Crippen molar-refractivity contribution in [3.63, 3.8) is 0 Å². The van der Waals surface area contributed by atoms with E-state index in [-0.39, 0.29) is 5.92 Å².